The van der Waals surface area contributed by atoms with E-state index in [2.05, 4.69) is 21.7 Å². The molecule has 0 aromatic carbocycles. The number of hydrogen-bond donors (Lipinski definition) is 1. The molecular formula is C13H26N4S. The number of hydrogen-bond acceptors (Lipinski definition) is 3. The standard InChI is InChI=1S/C13H26N4S/c1-12-3-2-5-16(11-12)6-4-15-13(14)17-7-9-18-10-8-17/h12H,2-11H2,1H3,(H2,14,15). The lowest BCUT2D eigenvalue weighted by molar-refractivity contribution is 0.188. The van der Waals surface area contributed by atoms with Gasteiger partial charge in [0.25, 0.3) is 0 Å². The van der Waals surface area contributed by atoms with Crippen LogP contribution in [0.2, 0.25) is 0 Å². The summed E-state index contributed by atoms with van der Waals surface area (Å²) < 4.78 is 0. The number of thioether (sulfide) groups is 1. The highest BCUT2D eigenvalue weighted by atomic mass is 32.2. The van der Waals surface area contributed by atoms with Crippen molar-refractivity contribution >= 4 is 17.7 Å². The van der Waals surface area contributed by atoms with E-state index in [1.54, 1.807) is 0 Å². The van der Waals surface area contributed by atoms with Gasteiger partial charge in [0.2, 0.25) is 0 Å². The van der Waals surface area contributed by atoms with E-state index >= 15 is 0 Å². The van der Waals surface area contributed by atoms with Gasteiger partial charge in [0.15, 0.2) is 5.96 Å². The molecular weight excluding hydrogens is 244 g/mol. The van der Waals surface area contributed by atoms with Gasteiger partial charge in [-0.15, -0.1) is 0 Å². The summed E-state index contributed by atoms with van der Waals surface area (Å²) in [4.78, 5) is 9.28. The number of aliphatic imine (C=N–C) groups is 1. The van der Waals surface area contributed by atoms with Crippen molar-refractivity contribution in [3.8, 4) is 0 Å². The zero-order valence-corrected chi connectivity index (χ0v) is 12.3. The van der Waals surface area contributed by atoms with Crippen LogP contribution in [-0.4, -0.2) is 66.5 Å². The van der Waals surface area contributed by atoms with Crippen LogP contribution >= 0.6 is 11.8 Å². The van der Waals surface area contributed by atoms with E-state index in [1.807, 2.05) is 11.8 Å². The minimum absolute atomic E-state index is 0.750. The number of nitrogens with zero attached hydrogens (tertiary/aromatic N) is 3. The van der Waals surface area contributed by atoms with Crippen molar-refractivity contribution in [3.05, 3.63) is 0 Å². The molecule has 0 saturated carbocycles. The predicted octanol–water partition coefficient (Wildman–Crippen LogP) is 1.08. The van der Waals surface area contributed by atoms with Crippen molar-refractivity contribution in [3.63, 3.8) is 0 Å². The van der Waals surface area contributed by atoms with Crippen LogP contribution in [0.15, 0.2) is 4.99 Å². The molecule has 1 atom stereocenters. The monoisotopic (exact) mass is 270 g/mol. The summed E-state index contributed by atoms with van der Waals surface area (Å²) in [7, 11) is 0. The Morgan fingerprint density at radius 3 is 2.83 bits per heavy atom. The average molecular weight is 270 g/mol. The highest BCUT2D eigenvalue weighted by molar-refractivity contribution is 7.99. The SMILES string of the molecule is CC1CCCN(CCN=C(N)N2CCSCC2)C1. The number of nitrogens with two attached hydrogens (primary N) is 1. The Labute approximate surface area is 115 Å². The van der Waals surface area contributed by atoms with E-state index in [-0.39, 0.29) is 0 Å². The minimum atomic E-state index is 0.750. The van der Waals surface area contributed by atoms with E-state index in [0.717, 1.165) is 38.1 Å². The first-order valence-corrected chi connectivity index (χ1v) is 8.26. The number of likely N-dealkylation sites (tertiary alicyclic amines) is 1. The van der Waals surface area contributed by atoms with Crippen LogP contribution in [0.4, 0.5) is 0 Å². The zero-order valence-electron chi connectivity index (χ0n) is 11.5. The molecule has 2 N–H and O–H groups in total. The van der Waals surface area contributed by atoms with Gasteiger partial charge in [0.1, 0.15) is 0 Å². The van der Waals surface area contributed by atoms with E-state index in [4.69, 9.17) is 5.73 Å². The summed E-state index contributed by atoms with van der Waals surface area (Å²) in [5, 5.41) is 0. The van der Waals surface area contributed by atoms with Gasteiger partial charge in [-0.1, -0.05) is 6.92 Å². The fourth-order valence-corrected chi connectivity index (χ4v) is 3.59. The summed E-state index contributed by atoms with van der Waals surface area (Å²) in [6.07, 6.45) is 2.72. The largest absolute Gasteiger partial charge is 0.370 e. The highest BCUT2D eigenvalue weighted by Crippen LogP contribution is 2.14. The molecule has 0 amide bonds. The van der Waals surface area contributed by atoms with Gasteiger partial charge in [-0.25, -0.2) is 0 Å². The maximum atomic E-state index is 6.04. The molecule has 0 spiro atoms. The van der Waals surface area contributed by atoms with E-state index in [0.29, 0.717) is 0 Å². The van der Waals surface area contributed by atoms with Gasteiger partial charge in [-0.05, 0) is 25.3 Å². The van der Waals surface area contributed by atoms with E-state index in [9.17, 15) is 0 Å². The van der Waals surface area contributed by atoms with E-state index in [1.165, 1.54) is 37.4 Å². The number of piperidine rings is 1. The maximum absolute atomic E-state index is 6.04. The molecule has 18 heavy (non-hydrogen) atoms. The molecule has 0 aromatic rings. The average Bonchev–Trinajstić information content (AvgIpc) is 2.40. The van der Waals surface area contributed by atoms with Gasteiger partial charge in [-0.3, -0.25) is 4.99 Å². The zero-order chi connectivity index (χ0) is 12.8. The Bertz CT molecular complexity index is 276. The lowest BCUT2D eigenvalue weighted by Crippen LogP contribution is -2.43. The Kier molecular flexibility index (Phi) is 5.63. The minimum Gasteiger partial charge on any atom is -0.370 e. The molecule has 2 aliphatic heterocycles. The molecule has 104 valence electrons. The summed E-state index contributed by atoms with van der Waals surface area (Å²) in [6.45, 7) is 8.84. The first-order chi connectivity index (χ1) is 8.75. The van der Waals surface area contributed by atoms with Gasteiger partial charge in [-0.2, -0.15) is 11.8 Å². The maximum Gasteiger partial charge on any atom is 0.191 e. The molecule has 2 fully saturated rings. The van der Waals surface area contributed by atoms with Gasteiger partial charge in [0.05, 0.1) is 6.54 Å². The van der Waals surface area contributed by atoms with Crippen LogP contribution in [-0.2, 0) is 0 Å². The Morgan fingerprint density at radius 2 is 2.11 bits per heavy atom. The highest BCUT2D eigenvalue weighted by Gasteiger charge is 2.16. The lowest BCUT2D eigenvalue weighted by atomic mass is 10.0. The summed E-state index contributed by atoms with van der Waals surface area (Å²) >= 11 is 2.00. The Balaban J connectivity index is 1.69. The second kappa shape index (κ2) is 7.24. The summed E-state index contributed by atoms with van der Waals surface area (Å²) in [6, 6.07) is 0. The van der Waals surface area contributed by atoms with Crippen LogP contribution in [0, 0.1) is 5.92 Å². The molecule has 5 heteroatoms. The van der Waals surface area contributed by atoms with Crippen molar-refractivity contribution in [1.29, 1.82) is 0 Å². The molecule has 0 aromatic heterocycles. The van der Waals surface area contributed by atoms with Crippen molar-refractivity contribution in [2.75, 3.05) is 50.8 Å². The van der Waals surface area contributed by atoms with Crippen molar-refractivity contribution < 1.29 is 0 Å². The molecule has 0 bridgehead atoms. The third kappa shape index (κ3) is 4.35. The smallest absolute Gasteiger partial charge is 0.191 e. The molecule has 0 radical (unpaired) electrons. The molecule has 1 unspecified atom stereocenters. The van der Waals surface area contributed by atoms with Crippen molar-refractivity contribution in [1.82, 2.24) is 9.80 Å². The third-order valence-corrected chi connectivity index (χ3v) is 4.71. The molecule has 2 rings (SSSR count). The third-order valence-electron chi connectivity index (χ3n) is 3.77. The van der Waals surface area contributed by atoms with Gasteiger partial charge < -0.3 is 15.5 Å². The lowest BCUT2D eigenvalue weighted by Gasteiger charge is -2.30. The quantitative estimate of drug-likeness (QED) is 0.616. The molecule has 4 nitrogen and oxygen atoms in total. The van der Waals surface area contributed by atoms with Crippen LogP contribution < -0.4 is 5.73 Å². The Morgan fingerprint density at radius 1 is 1.33 bits per heavy atom. The molecule has 0 aliphatic carbocycles. The number of guanidine groups is 1. The van der Waals surface area contributed by atoms with Crippen molar-refractivity contribution in [2.24, 2.45) is 16.6 Å². The Hall–Kier alpha value is -0.420. The predicted molar refractivity (Wildman–Crippen MR) is 80.2 cm³/mol. The van der Waals surface area contributed by atoms with Crippen LogP contribution in [0.3, 0.4) is 0 Å². The fourth-order valence-electron chi connectivity index (χ4n) is 2.69. The summed E-state index contributed by atoms with van der Waals surface area (Å²) in [5.74, 6) is 3.96. The van der Waals surface area contributed by atoms with Gasteiger partial charge >= 0.3 is 0 Å². The second-order valence-corrected chi connectivity index (χ2v) is 6.61. The van der Waals surface area contributed by atoms with Crippen molar-refractivity contribution in [2.45, 2.75) is 19.8 Å². The second-order valence-electron chi connectivity index (χ2n) is 5.39. The van der Waals surface area contributed by atoms with Crippen LogP contribution in [0.5, 0.6) is 0 Å². The topological polar surface area (TPSA) is 44.9 Å². The summed E-state index contributed by atoms with van der Waals surface area (Å²) in [5.41, 5.74) is 6.04. The van der Waals surface area contributed by atoms with E-state index < -0.39 is 0 Å². The fraction of sp³-hybridized carbons (Fsp3) is 0.923. The van der Waals surface area contributed by atoms with Crippen LogP contribution in [0.1, 0.15) is 19.8 Å². The number of rotatable bonds is 3. The first-order valence-electron chi connectivity index (χ1n) is 7.10. The molecule has 2 saturated heterocycles. The molecule has 2 heterocycles. The van der Waals surface area contributed by atoms with Gasteiger partial charge in [0, 0.05) is 37.7 Å². The molecule has 2 aliphatic rings. The van der Waals surface area contributed by atoms with Crippen LogP contribution in [0.25, 0.3) is 0 Å². The first kappa shape index (κ1) is 14.0. The normalized spacial score (nSPS) is 27.5.